The van der Waals surface area contributed by atoms with Crippen LogP contribution in [0, 0.1) is 17.3 Å². The van der Waals surface area contributed by atoms with Gasteiger partial charge in [0.1, 0.15) is 23.0 Å². The molecule has 2 N–H and O–H groups in total. The van der Waals surface area contributed by atoms with Crippen LogP contribution in [0.15, 0.2) is 103 Å². The van der Waals surface area contributed by atoms with Crippen molar-refractivity contribution in [1.82, 2.24) is 20.4 Å². The predicted molar refractivity (Wildman–Crippen MR) is 265 cm³/mol. The molecule has 2 saturated heterocycles. The van der Waals surface area contributed by atoms with E-state index in [0.717, 1.165) is 28.9 Å². The van der Waals surface area contributed by atoms with Gasteiger partial charge in [-0.05, 0) is 112 Å². The monoisotopic (exact) mass is 990 g/mol. The average molecular weight is 991 g/mol. The number of ether oxygens (including phenoxy) is 2. The van der Waals surface area contributed by atoms with Crippen molar-refractivity contribution < 1.29 is 56.4 Å². The summed E-state index contributed by atoms with van der Waals surface area (Å²) in [5, 5.41) is 6.05. The van der Waals surface area contributed by atoms with Crippen molar-refractivity contribution in [2.75, 3.05) is 26.7 Å². The van der Waals surface area contributed by atoms with Crippen molar-refractivity contribution in [3.8, 4) is 5.75 Å². The summed E-state index contributed by atoms with van der Waals surface area (Å²) in [6, 6.07) is 27.2. The maximum absolute atomic E-state index is 15.2. The van der Waals surface area contributed by atoms with Crippen LogP contribution in [0.2, 0.25) is 0 Å². The molecular formula is C53H64BN4O12P. The third-order valence-electron chi connectivity index (χ3n) is 14.5. The molecule has 9 rings (SSSR count). The molecule has 0 spiro atoms. The Kier molecular flexibility index (Phi) is 15.0. The number of urea groups is 1. The smallest absolute Gasteiger partial charge is 0.482 e. The van der Waals surface area contributed by atoms with Crippen LogP contribution in [-0.4, -0.2) is 96.6 Å². The van der Waals surface area contributed by atoms with Crippen LogP contribution >= 0.6 is 7.60 Å². The van der Waals surface area contributed by atoms with Crippen LogP contribution in [0.25, 0.3) is 0 Å². The van der Waals surface area contributed by atoms with Gasteiger partial charge in [0.05, 0.1) is 43.3 Å². The zero-order valence-corrected chi connectivity index (χ0v) is 42.6. The number of nitrogens with one attached hydrogen (secondary N) is 2. The van der Waals surface area contributed by atoms with E-state index in [2.05, 4.69) is 31.4 Å². The number of rotatable bonds is 17. The molecule has 2 heterocycles. The van der Waals surface area contributed by atoms with E-state index < -0.39 is 67.6 Å². The highest BCUT2D eigenvalue weighted by Crippen LogP contribution is 2.66. The number of imide groups is 1. The van der Waals surface area contributed by atoms with E-state index in [9.17, 15) is 23.7 Å². The van der Waals surface area contributed by atoms with Crippen molar-refractivity contribution in [3.05, 3.63) is 131 Å². The number of para-hydroxylation sites is 1. The molecule has 2 bridgehead atoms. The Balaban J connectivity index is 1.14. The molecule has 3 aliphatic carbocycles. The summed E-state index contributed by atoms with van der Waals surface area (Å²) in [6.45, 7) is 13.9. The van der Waals surface area contributed by atoms with Gasteiger partial charge in [-0.2, -0.15) is 0 Å². The highest BCUT2D eigenvalue weighted by atomic mass is 31.2. The number of likely N-dealkylation sites (N-methyl/N-ethyl adjacent to an activating group) is 1. The summed E-state index contributed by atoms with van der Waals surface area (Å²) in [5.41, 5.74) is 1.06. The minimum absolute atomic E-state index is 0.0132. The van der Waals surface area contributed by atoms with Crippen molar-refractivity contribution in [2.45, 2.75) is 110 Å². The van der Waals surface area contributed by atoms with E-state index in [-0.39, 0.29) is 78.9 Å². The Bertz CT molecular complexity index is 2620. The van der Waals surface area contributed by atoms with Crippen molar-refractivity contribution in [1.29, 1.82) is 0 Å². The van der Waals surface area contributed by atoms with Crippen molar-refractivity contribution >= 4 is 49.7 Å². The third kappa shape index (κ3) is 10.9. The summed E-state index contributed by atoms with van der Waals surface area (Å²) in [5.74, 6) is -3.25. The lowest BCUT2D eigenvalue weighted by molar-refractivity contribution is -0.199. The van der Waals surface area contributed by atoms with Crippen LogP contribution in [0.3, 0.4) is 0 Å². The second kappa shape index (κ2) is 20.7. The maximum Gasteiger partial charge on any atom is 0.482 e. The van der Waals surface area contributed by atoms with Gasteiger partial charge in [-0.1, -0.05) is 98.8 Å². The molecule has 4 aromatic rings. The second-order valence-corrected chi connectivity index (χ2v) is 22.5. The van der Waals surface area contributed by atoms with Gasteiger partial charge in [0, 0.05) is 19.6 Å². The number of methoxy groups -OCH3 is 1. The molecule has 18 heteroatoms. The van der Waals surface area contributed by atoms with Gasteiger partial charge >= 0.3 is 38.5 Å². The highest BCUT2D eigenvalue weighted by Gasteiger charge is 2.68. The van der Waals surface area contributed by atoms with E-state index >= 15 is 4.79 Å². The highest BCUT2D eigenvalue weighted by molar-refractivity contribution is 7.62. The van der Waals surface area contributed by atoms with Gasteiger partial charge in [-0.25, -0.2) is 9.59 Å². The number of amides is 5. The quantitative estimate of drug-likeness (QED) is 0.0465. The zero-order valence-electron chi connectivity index (χ0n) is 41.7. The molecule has 6 atom stereocenters. The number of esters is 1. The Morgan fingerprint density at radius 1 is 0.831 bits per heavy atom. The Morgan fingerprint density at radius 3 is 2.04 bits per heavy atom. The first-order chi connectivity index (χ1) is 33.7. The van der Waals surface area contributed by atoms with Crippen LogP contribution in [0.1, 0.15) is 100.0 Å². The first-order valence-electron chi connectivity index (χ1n) is 24.3. The summed E-state index contributed by atoms with van der Waals surface area (Å²) >= 11 is 0. The zero-order chi connectivity index (χ0) is 50.9. The number of benzene rings is 4. The Hall–Kier alpha value is -5.84. The van der Waals surface area contributed by atoms with Crippen molar-refractivity contribution in [3.63, 3.8) is 0 Å². The average Bonchev–Trinajstić information content (AvgIpc) is 3.72. The number of carbonyl (C=O) groups is 5. The summed E-state index contributed by atoms with van der Waals surface area (Å²) < 4.78 is 52.3. The standard InChI is InChI=1S/C53H64BN4O12P/c1-9-57-27-28-58(48(61)47(57)60)50(63)56-44(36-23-25-39(26-24-36)71(64,66-32-34-17-12-10-13-18-34)67-33-35-19-14-11-15-20-35)46(59)55-43(54-69-42-31-38-30-41(52(38,5)6)53(42,7)70-54)29-37-21-16-22-40(45(37)65-8)49(62)68-51(2,3)4/h10-26,38,41-44H,9,27-33H2,1-8H3,(H,55,59)(H,56,63)/t38-,41-,42+,43-,44?,53-/m0/s1. The largest absolute Gasteiger partial charge is 0.496 e. The summed E-state index contributed by atoms with van der Waals surface area (Å²) in [6.07, 6.45) is 1.53. The molecule has 0 aromatic heterocycles. The van der Waals surface area contributed by atoms with Gasteiger partial charge in [0.15, 0.2) is 0 Å². The first kappa shape index (κ1) is 51.5. The summed E-state index contributed by atoms with van der Waals surface area (Å²) in [7, 11) is -3.59. The van der Waals surface area contributed by atoms with Gasteiger partial charge in [0.25, 0.3) is 0 Å². The van der Waals surface area contributed by atoms with Crippen LogP contribution in [0.5, 0.6) is 5.75 Å². The first-order valence-corrected chi connectivity index (χ1v) is 25.8. The predicted octanol–water partition coefficient (Wildman–Crippen LogP) is 7.34. The molecule has 1 unspecified atom stereocenters. The second-order valence-electron chi connectivity index (χ2n) is 20.5. The third-order valence-corrected chi connectivity index (χ3v) is 16.3. The Labute approximate surface area is 416 Å². The molecular weight excluding hydrogens is 926 g/mol. The molecule has 4 aromatic carbocycles. The summed E-state index contributed by atoms with van der Waals surface area (Å²) in [4.78, 5) is 71.4. The topological polar surface area (TPSA) is 188 Å². The van der Waals surface area contributed by atoms with E-state index in [1.54, 1.807) is 45.9 Å². The molecule has 5 amide bonds. The minimum atomic E-state index is -4.05. The number of hydrogen-bond acceptors (Lipinski definition) is 12. The number of piperazine rings is 1. The van der Waals surface area contributed by atoms with Gasteiger partial charge < -0.3 is 43.4 Å². The SMILES string of the molecule is CCN1CCN(C(=O)NC(C(=O)N[C@@H](Cc2cccc(C(=O)OC(C)(C)C)c2OC)B2O[C@@H]3C[C@@H]4C[C@@H](C4(C)C)[C@]3(C)O2)c2ccc(P(=O)(OCc3ccccc3)OCc3ccccc3)cc2)C(=O)C1=O. The lowest BCUT2D eigenvalue weighted by atomic mass is 9.43. The Morgan fingerprint density at radius 2 is 1.46 bits per heavy atom. The van der Waals surface area contributed by atoms with Gasteiger partial charge in [-0.15, -0.1) is 0 Å². The number of carbonyl (C=O) groups excluding carboxylic acids is 5. The lowest BCUT2D eigenvalue weighted by Gasteiger charge is -2.64. The fourth-order valence-electron chi connectivity index (χ4n) is 10.4. The van der Waals surface area contributed by atoms with Crippen LogP contribution in [0.4, 0.5) is 4.79 Å². The molecule has 16 nitrogen and oxygen atoms in total. The van der Waals surface area contributed by atoms with Gasteiger partial charge in [-0.3, -0.25) is 23.8 Å². The maximum atomic E-state index is 15.2. The van der Waals surface area contributed by atoms with E-state index in [1.165, 1.54) is 36.3 Å². The fraction of sp³-hybridized carbons (Fsp3) is 0.453. The normalized spacial score (nSPS) is 22.5. The van der Waals surface area contributed by atoms with E-state index in [4.69, 9.17) is 27.8 Å². The minimum Gasteiger partial charge on any atom is -0.496 e. The fourth-order valence-corrected chi connectivity index (χ4v) is 12.0. The van der Waals surface area contributed by atoms with Crippen molar-refractivity contribution in [2.24, 2.45) is 17.3 Å². The number of nitrogens with zero attached hydrogens (tertiary/aromatic N) is 2. The molecule has 2 aliphatic heterocycles. The van der Waals surface area contributed by atoms with Crippen LogP contribution in [-0.2, 0) is 61.7 Å². The van der Waals surface area contributed by atoms with E-state index in [1.807, 2.05) is 60.7 Å². The lowest BCUT2D eigenvalue weighted by Crippen LogP contribution is -2.65. The molecule has 71 heavy (non-hydrogen) atoms. The van der Waals surface area contributed by atoms with E-state index in [0.29, 0.717) is 11.5 Å². The number of hydrogen-bond donors (Lipinski definition) is 2. The molecule has 5 fully saturated rings. The van der Waals surface area contributed by atoms with Gasteiger partial charge in [0.2, 0.25) is 5.91 Å². The molecule has 376 valence electrons. The molecule has 3 saturated carbocycles. The molecule has 5 aliphatic rings. The molecule has 0 radical (unpaired) electrons. The van der Waals surface area contributed by atoms with Crippen LogP contribution < -0.4 is 20.7 Å².